The van der Waals surface area contributed by atoms with Gasteiger partial charge in [-0.3, -0.25) is 0 Å². The molecule has 2 aliphatic rings. The Morgan fingerprint density at radius 3 is 2.68 bits per heavy atom. The van der Waals surface area contributed by atoms with Crippen molar-refractivity contribution >= 4 is 0 Å². The quantitative estimate of drug-likeness (QED) is 0.611. The van der Waals surface area contributed by atoms with Crippen molar-refractivity contribution in [3.63, 3.8) is 0 Å². The first-order chi connectivity index (χ1) is 9.11. The average molecular weight is 266 g/mol. The zero-order valence-electron chi connectivity index (χ0n) is 11.7. The molecule has 1 atom stereocenters. The second kappa shape index (κ2) is 6.35. The summed E-state index contributed by atoms with van der Waals surface area (Å²) >= 11 is 0. The van der Waals surface area contributed by atoms with Crippen LogP contribution in [0.3, 0.4) is 0 Å². The number of hydrazine groups is 1. The SMILES string of the molecule is C/C(O)=C\C=C/C(=CF)C1CCN(CC2CC2)N1C. The van der Waals surface area contributed by atoms with E-state index in [1.807, 2.05) is 7.05 Å². The first kappa shape index (κ1) is 14.3. The molecule has 106 valence electrons. The summed E-state index contributed by atoms with van der Waals surface area (Å²) in [6, 6.07) is 0.104. The Labute approximate surface area is 114 Å². The van der Waals surface area contributed by atoms with E-state index in [1.165, 1.54) is 12.8 Å². The van der Waals surface area contributed by atoms with Gasteiger partial charge in [0.1, 0.15) is 0 Å². The van der Waals surface area contributed by atoms with Crippen LogP contribution in [0, 0.1) is 5.92 Å². The van der Waals surface area contributed by atoms with Crippen molar-refractivity contribution in [2.45, 2.75) is 32.2 Å². The molecule has 1 saturated carbocycles. The molecule has 1 saturated heterocycles. The molecule has 3 nitrogen and oxygen atoms in total. The zero-order valence-corrected chi connectivity index (χ0v) is 11.7. The number of nitrogens with zero attached hydrogens (tertiary/aromatic N) is 2. The maximum Gasteiger partial charge on any atom is 0.0915 e. The van der Waals surface area contributed by atoms with E-state index >= 15 is 0 Å². The van der Waals surface area contributed by atoms with Crippen LogP contribution >= 0.6 is 0 Å². The van der Waals surface area contributed by atoms with Crippen LogP contribution in [0.1, 0.15) is 26.2 Å². The first-order valence-electron chi connectivity index (χ1n) is 6.93. The van der Waals surface area contributed by atoms with Crippen molar-refractivity contribution in [3.05, 3.63) is 35.9 Å². The molecule has 1 heterocycles. The van der Waals surface area contributed by atoms with Gasteiger partial charge in [-0.05, 0) is 43.8 Å². The van der Waals surface area contributed by atoms with Gasteiger partial charge in [-0.25, -0.2) is 14.4 Å². The van der Waals surface area contributed by atoms with E-state index in [1.54, 1.807) is 25.2 Å². The molecular formula is C15H23FN2O. The van der Waals surface area contributed by atoms with E-state index < -0.39 is 0 Å². The minimum Gasteiger partial charge on any atom is -0.513 e. The Morgan fingerprint density at radius 2 is 2.11 bits per heavy atom. The highest BCUT2D eigenvalue weighted by atomic mass is 19.1. The van der Waals surface area contributed by atoms with Crippen LogP contribution in [0.25, 0.3) is 0 Å². The predicted octanol–water partition coefficient (Wildman–Crippen LogP) is 3.19. The molecule has 1 unspecified atom stereocenters. The summed E-state index contributed by atoms with van der Waals surface area (Å²) < 4.78 is 13.1. The Kier molecular flexibility index (Phi) is 4.77. The molecule has 2 rings (SSSR count). The van der Waals surface area contributed by atoms with Crippen LogP contribution in [-0.4, -0.2) is 41.3 Å². The van der Waals surface area contributed by atoms with Gasteiger partial charge >= 0.3 is 0 Å². The van der Waals surface area contributed by atoms with Gasteiger partial charge in [-0.1, -0.05) is 12.2 Å². The Balaban J connectivity index is 1.95. The van der Waals surface area contributed by atoms with Crippen LogP contribution < -0.4 is 0 Å². The van der Waals surface area contributed by atoms with Crippen LogP contribution in [0.5, 0.6) is 0 Å². The van der Waals surface area contributed by atoms with Gasteiger partial charge in [-0.15, -0.1) is 0 Å². The smallest absolute Gasteiger partial charge is 0.0915 e. The summed E-state index contributed by atoms with van der Waals surface area (Å²) in [5, 5.41) is 13.6. The monoisotopic (exact) mass is 266 g/mol. The zero-order chi connectivity index (χ0) is 13.8. The lowest BCUT2D eigenvalue weighted by Crippen LogP contribution is -2.39. The highest BCUT2D eigenvalue weighted by Crippen LogP contribution is 2.33. The maximum atomic E-state index is 13.1. The fourth-order valence-corrected chi connectivity index (χ4v) is 2.53. The fourth-order valence-electron chi connectivity index (χ4n) is 2.53. The molecule has 0 radical (unpaired) electrons. The minimum atomic E-state index is 0.104. The number of aliphatic hydroxyl groups is 1. The molecule has 0 amide bonds. The lowest BCUT2D eigenvalue weighted by atomic mass is 10.1. The van der Waals surface area contributed by atoms with Crippen molar-refractivity contribution < 1.29 is 9.50 Å². The topological polar surface area (TPSA) is 26.7 Å². The summed E-state index contributed by atoms with van der Waals surface area (Å²) in [6.45, 7) is 3.70. The Bertz CT molecular complexity index is 395. The van der Waals surface area contributed by atoms with E-state index in [0.717, 1.165) is 25.4 Å². The van der Waals surface area contributed by atoms with Crippen molar-refractivity contribution in [1.82, 2.24) is 10.0 Å². The maximum absolute atomic E-state index is 13.1. The molecule has 0 spiro atoms. The van der Waals surface area contributed by atoms with Gasteiger partial charge in [0.2, 0.25) is 0 Å². The predicted molar refractivity (Wildman–Crippen MR) is 75.2 cm³/mol. The summed E-state index contributed by atoms with van der Waals surface area (Å²) in [5.74, 6) is 1.07. The lowest BCUT2D eigenvalue weighted by Gasteiger charge is -2.28. The van der Waals surface area contributed by atoms with E-state index in [0.29, 0.717) is 11.9 Å². The molecule has 4 heteroatoms. The largest absolute Gasteiger partial charge is 0.513 e. The van der Waals surface area contributed by atoms with E-state index in [-0.39, 0.29) is 11.8 Å². The first-order valence-corrected chi connectivity index (χ1v) is 6.93. The summed E-state index contributed by atoms with van der Waals surface area (Å²) in [5.41, 5.74) is 0.665. The van der Waals surface area contributed by atoms with Gasteiger partial charge in [0, 0.05) is 20.1 Å². The van der Waals surface area contributed by atoms with Crippen molar-refractivity contribution in [2.75, 3.05) is 20.1 Å². The number of allylic oxidation sites excluding steroid dienone is 3. The van der Waals surface area contributed by atoms with Gasteiger partial charge in [0.15, 0.2) is 0 Å². The molecule has 19 heavy (non-hydrogen) atoms. The van der Waals surface area contributed by atoms with Gasteiger partial charge < -0.3 is 5.11 Å². The van der Waals surface area contributed by atoms with Crippen molar-refractivity contribution in [3.8, 4) is 0 Å². The van der Waals surface area contributed by atoms with Gasteiger partial charge in [0.05, 0.1) is 18.1 Å². The molecule has 1 aliphatic carbocycles. The summed E-state index contributed by atoms with van der Waals surface area (Å²) in [7, 11) is 2.03. The average Bonchev–Trinajstić information content (AvgIpc) is 3.11. The van der Waals surface area contributed by atoms with Crippen molar-refractivity contribution in [1.29, 1.82) is 0 Å². The highest BCUT2D eigenvalue weighted by Gasteiger charge is 2.34. The second-order valence-corrected chi connectivity index (χ2v) is 5.51. The highest BCUT2D eigenvalue weighted by molar-refractivity contribution is 5.27. The third-order valence-electron chi connectivity index (χ3n) is 3.86. The molecule has 0 aromatic carbocycles. The van der Waals surface area contributed by atoms with Crippen LogP contribution in [0.4, 0.5) is 4.39 Å². The third-order valence-corrected chi connectivity index (χ3v) is 3.86. The Hall–Kier alpha value is -1.13. The van der Waals surface area contributed by atoms with E-state index in [9.17, 15) is 4.39 Å². The standard InChI is InChI=1S/C15H23FN2O/c1-12(19)4-3-5-14(10-16)15-8-9-18(17(15)2)11-13-6-7-13/h3-5,10,13,15,19H,6-9,11H2,1-2H3/b5-3-,12-4+,14-10?. The molecule has 0 aromatic heterocycles. The minimum absolute atomic E-state index is 0.104. The lowest BCUT2D eigenvalue weighted by molar-refractivity contribution is 0.0308. The van der Waals surface area contributed by atoms with E-state index in [2.05, 4.69) is 10.0 Å². The normalized spacial score (nSPS) is 27.6. The number of halogens is 1. The third kappa shape index (κ3) is 3.91. The molecule has 0 aromatic rings. The van der Waals surface area contributed by atoms with Gasteiger partial charge in [-0.2, -0.15) is 0 Å². The molecule has 1 N–H and O–H groups in total. The number of hydrogen-bond donors (Lipinski definition) is 1. The van der Waals surface area contributed by atoms with E-state index in [4.69, 9.17) is 5.11 Å². The molecule has 1 aliphatic heterocycles. The van der Waals surface area contributed by atoms with Crippen LogP contribution in [0.15, 0.2) is 35.9 Å². The molecular weight excluding hydrogens is 243 g/mol. The number of aliphatic hydroxyl groups excluding tert-OH is 1. The number of hydrogen-bond acceptors (Lipinski definition) is 3. The van der Waals surface area contributed by atoms with Crippen LogP contribution in [-0.2, 0) is 0 Å². The molecule has 2 fully saturated rings. The second-order valence-electron chi connectivity index (χ2n) is 5.51. The van der Waals surface area contributed by atoms with Crippen LogP contribution in [0.2, 0.25) is 0 Å². The fraction of sp³-hybridized carbons (Fsp3) is 0.600. The summed E-state index contributed by atoms with van der Waals surface area (Å²) in [6.07, 6.45) is 9.30. The van der Waals surface area contributed by atoms with Crippen molar-refractivity contribution in [2.24, 2.45) is 5.92 Å². The molecule has 0 bridgehead atoms. The number of likely N-dealkylation sites (N-methyl/N-ethyl adjacent to an activating group) is 1. The summed E-state index contributed by atoms with van der Waals surface area (Å²) in [4.78, 5) is 0. The Morgan fingerprint density at radius 1 is 1.37 bits per heavy atom. The van der Waals surface area contributed by atoms with Gasteiger partial charge in [0.25, 0.3) is 0 Å². The number of rotatable bonds is 5.